The van der Waals surface area contributed by atoms with E-state index in [9.17, 15) is 19.2 Å². The number of anilines is 3. The minimum atomic E-state index is -1.37. The van der Waals surface area contributed by atoms with Crippen LogP contribution in [-0.2, 0) is 19.1 Å². The quantitative estimate of drug-likeness (QED) is 0.155. The number of esters is 1. The molecule has 0 aromatic heterocycles. The summed E-state index contributed by atoms with van der Waals surface area (Å²) in [5, 5.41) is 8.81. The van der Waals surface area contributed by atoms with Gasteiger partial charge in [0.15, 0.2) is 0 Å². The topological polar surface area (TPSA) is 114 Å². The molecule has 0 radical (unpaired) electrons. The molecule has 40 heavy (non-hydrogen) atoms. The number of benzene rings is 3. The fourth-order valence-corrected chi connectivity index (χ4v) is 5.74. The molecule has 0 spiro atoms. The number of aryl methyl sites for hydroxylation is 1. The Morgan fingerprint density at radius 1 is 0.825 bits per heavy atom. The van der Waals surface area contributed by atoms with Crippen molar-refractivity contribution in [1.82, 2.24) is 0 Å². The summed E-state index contributed by atoms with van der Waals surface area (Å²) in [4.78, 5) is 49.2. The van der Waals surface area contributed by atoms with Crippen LogP contribution < -0.4 is 16.0 Å². The average molecular weight is 644 g/mol. The highest BCUT2D eigenvalue weighted by molar-refractivity contribution is 6.53. The molecule has 1 aliphatic carbocycles. The second-order valence-electron chi connectivity index (χ2n) is 8.95. The van der Waals surface area contributed by atoms with Gasteiger partial charge in [0.05, 0.1) is 23.6 Å². The van der Waals surface area contributed by atoms with Gasteiger partial charge in [-0.05, 0) is 72.6 Å². The summed E-state index contributed by atoms with van der Waals surface area (Å²) in [6.07, 6.45) is 0. The van der Waals surface area contributed by atoms with Gasteiger partial charge in [-0.15, -0.1) is 23.2 Å². The van der Waals surface area contributed by atoms with Gasteiger partial charge in [0.1, 0.15) is 4.33 Å². The van der Waals surface area contributed by atoms with Crippen LogP contribution in [0.1, 0.15) is 27.4 Å². The summed E-state index contributed by atoms with van der Waals surface area (Å²) in [6.45, 7) is 1.70. The molecule has 3 N–H and O–H groups in total. The maximum absolute atomic E-state index is 13.1. The number of ether oxygens (including phenoxy) is 1. The summed E-state index contributed by atoms with van der Waals surface area (Å²) < 4.78 is 3.01. The van der Waals surface area contributed by atoms with Gasteiger partial charge in [0, 0.05) is 33.0 Å². The van der Waals surface area contributed by atoms with Gasteiger partial charge in [-0.1, -0.05) is 34.8 Å². The molecule has 2 atom stereocenters. The number of amides is 3. The van der Waals surface area contributed by atoms with Crippen molar-refractivity contribution in [2.24, 2.45) is 5.92 Å². The highest BCUT2D eigenvalue weighted by Gasteiger charge is 2.67. The normalized spacial score (nSPS) is 17.0. The number of alkyl halides is 2. The van der Waals surface area contributed by atoms with Crippen molar-refractivity contribution in [1.29, 1.82) is 0 Å². The molecule has 3 aromatic rings. The molecule has 1 fully saturated rings. The molecule has 0 bridgehead atoms. The number of carbonyl (C=O) groups is 4. The van der Waals surface area contributed by atoms with E-state index in [-0.39, 0.29) is 10.6 Å². The standard InChI is InChI=1S/C27H20Cl5N3O5/c1-12-7-16(34-25(38)26(39)40-2)4-6-20(12)35-23(36)18-11-17(3-5-19(18)30)33-24(37)22-21(27(22,31)32)13-8-14(28)10-15(29)9-13/h3-11,21-22H,1-2H3,(H,33,37)(H,34,38)(H,35,36). The summed E-state index contributed by atoms with van der Waals surface area (Å²) in [6, 6.07) is 13.9. The first-order valence-corrected chi connectivity index (χ1v) is 13.5. The van der Waals surface area contributed by atoms with Crippen molar-refractivity contribution >= 4 is 98.8 Å². The third-order valence-electron chi connectivity index (χ3n) is 6.16. The van der Waals surface area contributed by atoms with E-state index in [1.165, 1.54) is 18.2 Å². The first-order chi connectivity index (χ1) is 18.8. The van der Waals surface area contributed by atoms with E-state index < -0.39 is 39.9 Å². The van der Waals surface area contributed by atoms with E-state index in [1.54, 1.807) is 43.3 Å². The lowest BCUT2D eigenvalue weighted by Gasteiger charge is -2.13. The van der Waals surface area contributed by atoms with Gasteiger partial charge in [-0.25, -0.2) is 4.79 Å². The zero-order chi connectivity index (χ0) is 29.4. The van der Waals surface area contributed by atoms with Gasteiger partial charge >= 0.3 is 11.9 Å². The van der Waals surface area contributed by atoms with Crippen LogP contribution in [0.25, 0.3) is 0 Å². The molecule has 0 saturated heterocycles. The highest BCUT2D eigenvalue weighted by Crippen LogP contribution is 2.65. The molecule has 4 rings (SSSR count). The van der Waals surface area contributed by atoms with Gasteiger partial charge in [-0.2, -0.15) is 0 Å². The molecule has 0 heterocycles. The molecule has 1 aliphatic rings. The largest absolute Gasteiger partial charge is 0.462 e. The third-order valence-corrected chi connectivity index (χ3v) is 7.87. The summed E-state index contributed by atoms with van der Waals surface area (Å²) in [5.74, 6) is -4.30. The molecule has 13 heteroatoms. The van der Waals surface area contributed by atoms with Crippen molar-refractivity contribution in [2.75, 3.05) is 23.1 Å². The number of hydrogen-bond donors (Lipinski definition) is 3. The van der Waals surface area contributed by atoms with E-state index in [4.69, 9.17) is 58.0 Å². The zero-order valence-corrected chi connectivity index (χ0v) is 24.6. The Hall–Kier alpha value is -3.01. The number of halogens is 5. The molecule has 1 saturated carbocycles. The molecule has 208 valence electrons. The van der Waals surface area contributed by atoms with Crippen LogP contribution in [0.2, 0.25) is 15.1 Å². The van der Waals surface area contributed by atoms with E-state index >= 15 is 0 Å². The van der Waals surface area contributed by atoms with Crippen LogP contribution in [0.15, 0.2) is 54.6 Å². The Morgan fingerprint density at radius 2 is 1.45 bits per heavy atom. The number of nitrogens with one attached hydrogen (secondary N) is 3. The zero-order valence-electron chi connectivity index (χ0n) is 20.8. The molecular formula is C27H20Cl5N3O5. The first-order valence-electron chi connectivity index (χ1n) is 11.6. The van der Waals surface area contributed by atoms with E-state index in [2.05, 4.69) is 20.7 Å². The van der Waals surface area contributed by atoms with E-state index in [0.29, 0.717) is 38.2 Å². The SMILES string of the molecule is COC(=O)C(=O)Nc1ccc(NC(=O)c2cc(NC(=O)C3C(c4cc(Cl)cc(Cl)c4)C3(Cl)Cl)ccc2Cl)c(C)c1. The van der Waals surface area contributed by atoms with Crippen LogP contribution in [0.3, 0.4) is 0 Å². The van der Waals surface area contributed by atoms with Gasteiger partial charge in [-0.3, -0.25) is 14.4 Å². The monoisotopic (exact) mass is 641 g/mol. The Balaban J connectivity index is 1.46. The minimum Gasteiger partial charge on any atom is -0.462 e. The highest BCUT2D eigenvalue weighted by atomic mass is 35.5. The van der Waals surface area contributed by atoms with Crippen molar-refractivity contribution < 1.29 is 23.9 Å². The maximum atomic E-state index is 13.1. The Bertz CT molecular complexity index is 1520. The van der Waals surface area contributed by atoms with Crippen LogP contribution in [0.4, 0.5) is 17.1 Å². The predicted molar refractivity (Wildman–Crippen MR) is 157 cm³/mol. The lowest BCUT2D eigenvalue weighted by molar-refractivity contribution is -0.150. The lowest BCUT2D eigenvalue weighted by Crippen LogP contribution is -2.23. The fourth-order valence-electron chi connectivity index (χ4n) is 4.17. The van der Waals surface area contributed by atoms with Crippen molar-refractivity contribution in [3.8, 4) is 0 Å². The summed E-state index contributed by atoms with van der Waals surface area (Å²) in [7, 11) is 1.10. The Kier molecular flexibility index (Phi) is 8.87. The van der Waals surface area contributed by atoms with Crippen molar-refractivity contribution in [2.45, 2.75) is 17.2 Å². The fraction of sp³-hybridized carbons (Fsp3) is 0.185. The maximum Gasteiger partial charge on any atom is 0.396 e. The van der Waals surface area contributed by atoms with Gasteiger partial charge in [0.2, 0.25) is 5.91 Å². The number of carbonyl (C=O) groups excluding carboxylic acids is 4. The third kappa shape index (κ3) is 6.48. The second-order valence-corrected chi connectivity index (χ2v) is 11.7. The van der Waals surface area contributed by atoms with E-state index in [1.807, 2.05) is 0 Å². The number of rotatable bonds is 6. The predicted octanol–water partition coefficient (Wildman–Crippen LogP) is 6.85. The Labute approximate surface area is 254 Å². The van der Waals surface area contributed by atoms with Crippen LogP contribution >= 0.6 is 58.0 Å². The molecule has 8 nitrogen and oxygen atoms in total. The molecular weight excluding hydrogens is 624 g/mol. The van der Waals surface area contributed by atoms with Crippen LogP contribution in [-0.4, -0.2) is 35.1 Å². The van der Waals surface area contributed by atoms with Crippen molar-refractivity contribution in [3.05, 3.63) is 86.4 Å². The molecule has 2 unspecified atom stereocenters. The summed E-state index contributed by atoms with van der Waals surface area (Å²) in [5.41, 5.74) is 2.39. The Morgan fingerprint density at radius 3 is 2.08 bits per heavy atom. The lowest BCUT2D eigenvalue weighted by atomic mass is 10.1. The molecule has 3 aromatic carbocycles. The van der Waals surface area contributed by atoms with Crippen LogP contribution in [0, 0.1) is 12.8 Å². The number of hydrogen-bond acceptors (Lipinski definition) is 5. The van der Waals surface area contributed by atoms with Gasteiger partial charge < -0.3 is 20.7 Å². The summed E-state index contributed by atoms with van der Waals surface area (Å²) >= 11 is 31.3. The van der Waals surface area contributed by atoms with Crippen LogP contribution in [0.5, 0.6) is 0 Å². The van der Waals surface area contributed by atoms with E-state index in [0.717, 1.165) is 7.11 Å². The second kappa shape index (κ2) is 11.8. The molecule has 3 amide bonds. The minimum absolute atomic E-state index is 0.0962. The molecule has 0 aliphatic heterocycles. The van der Waals surface area contributed by atoms with Crippen molar-refractivity contribution in [3.63, 3.8) is 0 Å². The number of methoxy groups -OCH3 is 1. The smallest absolute Gasteiger partial charge is 0.396 e. The van der Waals surface area contributed by atoms with Gasteiger partial charge in [0.25, 0.3) is 5.91 Å². The first kappa shape index (κ1) is 30.0. The average Bonchev–Trinajstić information content (AvgIpc) is 3.47.